The molecule has 0 aromatic heterocycles. The van der Waals surface area contributed by atoms with E-state index >= 15 is 0 Å². The molecule has 10 heteroatoms. The lowest BCUT2D eigenvalue weighted by atomic mass is 9.81. The van der Waals surface area contributed by atoms with Crippen LogP contribution in [0, 0.1) is 5.92 Å². The molecular formula is C17H25F3N2O5. The van der Waals surface area contributed by atoms with Crippen molar-refractivity contribution in [1.29, 1.82) is 0 Å². The van der Waals surface area contributed by atoms with Gasteiger partial charge in [0.1, 0.15) is 5.54 Å². The van der Waals surface area contributed by atoms with Crippen LogP contribution in [0.3, 0.4) is 0 Å². The SMILES string of the molecule is COC(=O)C1(NC(=O)C2CCN(C(=O)OCC(F)(F)F)CC2)CCCCC1. The molecule has 27 heavy (non-hydrogen) atoms. The summed E-state index contributed by atoms with van der Waals surface area (Å²) in [7, 11) is 1.29. The second-order valence-corrected chi connectivity index (χ2v) is 7.05. The Morgan fingerprint density at radius 3 is 2.22 bits per heavy atom. The number of nitrogens with zero attached hydrogens (tertiary/aromatic N) is 1. The van der Waals surface area contributed by atoms with Crippen molar-refractivity contribution >= 4 is 18.0 Å². The van der Waals surface area contributed by atoms with E-state index in [1.807, 2.05) is 0 Å². The minimum atomic E-state index is -4.57. The zero-order valence-corrected chi connectivity index (χ0v) is 15.3. The molecule has 1 saturated carbocycles. The molecule has 0 aromatic rings. The summed E-state index contributed by atoms with van der Waals surface area (Å²) in [5, 5.41) is 2.84. The van der Waals surface area contributed by atoms with E-state index in [9.17, 15) is 27.6 Å². The van der Waals surface area contributed by atoms with E-state index in [2.05, 4.69) is 10.1 Å². The summed E-state index contributed by atoms with van der Waals surface area (Å²) in [6, 6.07) is 0. The van der Waals surface area contributed by atoms with E-state index in [4.69, 9.17) is 4.74 Å². The lowest BCUT2D eigenvalue weighted by molar-refractivity contribution is -0.162. The smallest absolute Gasteiger partial charge is 0.422 e. The Balaban J connectivity index is 1.86. The molecule has 1 aliphatic heterocycles. The first-order chi connectivity index (χ1) is 12.7. The van der Waals surface area contributed by atoms with E-state index in [1.54, 1.807) is 0 Å². The van der Waals surface area contributed by atoms with Crippen LogP contribution in [0.15, 0.2) is 0 Å². The molecule has 1 saturated heterocycles. The summed E-state index contributed by atoms with van der Waals surface area (Å²) >= 11 is 0. The quantitative estimate of drug-likeness (QED) is 0.740. The van der Waals surface area contributed by atoms with Gasteiger partial charge in [0.25, 0.3) is 0 Å². The molecule has 154 valence electrons. The summed E-state index contributed by atoms with van der Waals surface area (Å²) in [6.45, 7) is -1.38. The van der Waals surface area contributed by atoms with E-state index in [0.29, 0.717) is 25.7 Å². The van der Waals surface area contributed by atoms with Crippen molar-refractivity contribution in [3.8, 4) is 0 Å². The van der Waals surface area contributed by atoms with Crippen LogP contribution in [0.4, 0.5) is 18.0 Å². The van der Waals surface area contributed by atoms with Crippen molar-refractivity contribution in [3.05, 3.63) is 0 Å². The van der Waals surface area contributed by atoms with Gasteiger partial charge in [0.2, 0.25) is 5.91 Å². The second kappa shape index (κ2) is 8.79. The van der Waals surface area contributed by atoms with E-state index in [1.165, 1.54) is 7.11 Å². The highest BCUT2D eigenvalue weighted by molar-refractivity contribution is 5.89. The van der Waals surface area contributed by atoms with Crippen LogP contribution in [-0.2, 0) is 19.1 Å². The Morgan fingerprint density at radius 1 is 1.11 bits per heavy atom. The number of amides is 2. The summed E-state index contributed by atoms with van der Waals surface area (Å²) < 4.78 is 45.4. The fourth-order valence-electron chi connectivity index (χ4n) is 3.63. The van der Waals surface area contributed by atoms with Gasteiger partial charge in [-0.25, -0.2) is 9.59 Å². The third-order valence-electron chi connectivity index (χ3n) is 5.13. The Labute approximate surface area is 155 Å². The predicted molar refractivity (Wildman–Crippen MR) is 87.7 cm³/mol. The van der Waals surface area contributed by atoms with E-state index in [0.717, 1.165) is 24.2 Å². The number of piperidine rings is 1. The summed E-state index contributed by atoms with van der Waals surface area (Å²) in [4.78, 5) is 37.6. The van der Waals surface area contributed by atoms with Gasteiger partial charge in [-0.15, -0.1) is 0 Å². The normalized spacial score (nSPS) is 20.7. The summed E-state index contributed by atoms with van der Waals surface area (Å²) in [6.07, 6.45) is -1.35. The fraction of sp³-hybridized carbons (Fsp3) is 0.824. The lowest BCUT2D eigenvalue weighted by Gasteiger charge is -2.37. The number of likely N-dealkylation sites (tertiary alicyclic amines) is 1. The monoisotopic (exact) mass is 394 g/mol. The topological polar surface area (TPSA) is 84.9 Å². The highest BCUT2D eigenvalue weighted by Gasteiger charge is 2.43. The van der Waals surface area contributed by atoms with Crippen LogP contribution in [-0.4, -0.2) is 61.4 Å². The van der Waals surface area contributed by atoms with Crippen molar-refractivity contribution in [1.82, 2.24) is 10.2 Å². The number of hydrogen-bond donors (Lipinski definition) is 1. The Hall–Kier alpha value is -2.00. The number of carbonyl (C=O) groups excluding carboxylic acids is 3. The van der Waals surface area contributed by atoms with Gasteiger partial charge >= 0.3 is 18.2 Å². The van der Waals surface area contributed by atoms with Crippen molar-refractivity contribution < 1.29 is 37.0 Å². The van der Waals surface area contributed by atoms with Crippen LogP contribution in [0.5, 0.6) is 0 Å². The Morgan fingerprint density at radius 2 is 1.70 bits per heavy atom. The molecule has 1 heterocycles. The first-order valence-electron chi connectivity index (χ1n) is 9.06. The number of ether oxygens (including phenoxy) is 2. The van der Waals surface area contributed by atoms with Gasteiger partial charge in [-0.1, -0.05) is 19.3 Å². The molecule has 0 atom stereocenters. The number of halogens is 3. The zero-order chi connectivity index (χ0) is 20.1. The maximum Gasteiger partial charge on any atom is 0.422 e. The average Bonchev–Trinajstić information content (AvgIpc) is 2.65. The van der Waals surface area contributed by atoms with Crippen molar-refractivity contribution in [2.24, 2.45) is 5.92 Å². The molecule has 2 aliphatic rings. The second-order valence-electron chi connectivity index (χ2n) is 7.05. The van der Waals surface area contributed by atoms with Crippen molar-refractivity contribution in [2.45, 2.75) is 56.7 Å². The summed E-state index contributed by atoms with van der Waals surface area (Å²) in [5.41, 5.74) is -1.01. The predicted octanol–water partition coefficient (Wildman–Crippen LogP) is 2.39. The van der Waals surface area contributed by atoms with Crippen LogP contribution < -0.4 is 5.32 Å². The Kier molecular flexibility index (Phi) is 6.94. The van der Waals surface area contributed by atoms with Gasteiger partial charge in [0.05, 0.1) is 7.11 Å². The first kappa shape index (κ1) is 21.3. The standard InChI is InChI=1S/C17H25F3N2O5/c1-26-14(24)16(7-3-2-4-8-16)21-13(23)12-5-9-22(10-6-12)15(25)27-11-17(18,19)20/h12H,2-11H2,1H3,(H,21,23). The summed E-state index contributed by atoms with van der Waals surface area (Å²) in [5.74, 6) is -1.16. The minimum absolute atomic E-state index is 0.125. The number of alkyl halides is 3. The molecular weight excluding hydrogens is 369 g/mol. The number of nitrogens with one attached hydrogen (secondary N) is 1. The van der Waals surface area contributed by atoms with E-state index in [-0.39, 0.29) is 19.0 Å². The van der Waals surface area contributed by atoms with E-state index < -0.39 is 36.3 Å². The van der Waals surface area contributed by atoms with Crippen LogP contribution >= 0.6 is 0 Å². The van der Waals surface area contributed by atoms with Crippen LogP contribution in [0.1, 0.15) is 44.9 Å². The van der Waals surface area contributed by atoms with Gasteiger partial charge in [0, 0.05) is 19.0 Å². The lowest BCUT2D eigenvalue weighted by Crippen LogP contribution is -2.58. The highest BCUT2D eigenvalue weighted by atomic mass is 19.4. The Bertz CT molecular complexity index is 553. The highest BCUT2D eigenvalue weighted by Crippen LogP contribution is 2.30. The molecule has 0 radical (unpaired) electrons. The van der Waals surface area contributed by atoms with Gasteiger partial charge in [0.15, 0.2) is 6.61 Å². The number of methoxy groups -OCH3 is 1. The van der Waals surface area contributed by atoms with Gasteiger partial charge in [-0.3, -0.25) is 4.79 Å². The first-order valence-corrected chi connectivity index (χ1v) is 9.06. The largest absolute Gasteiger partial charge is 0.467 e. The van der Waals surface area contributed by atoms with Gasteiger partial charge < -0.3 is 19.7 Å². The van der Waals surface area contributed by atoms with Gasteiger partial charge in [-0.05, 0) is 25.7 Å². The molecule has 1 aliphatic carbocycles. The minimum Gasteiger partial charge on any atom is -0.467 e. The van der Waals surface area contributed by atoms with Crippen LogP contribution in [0.25, 0.3) is 0 Å². The molecule has 2 fully saturated rings. The molecule has 2 amide bonds. The number of rotatable bonds is 4. The van der Waals surface area contributed by atoms with Crippen molar-refractivity contribution in [3.63, 3.8) is 0 Å². The molecule has 7 nitrogen and oxygen atoms in total. The maximum absolute atomic E-state index is 12.6. The van der Waals surface area contributed by atoms with Crippen LogP contribution in [0.2, 0.25) is 0 Å². The molecule has 0 unspecified atom stereocenters. The molecule has 0 aromatic carbocycles. The third-order valence-corrected chi connectivity index (χ3v) is 5.13. The zero-order valence-electron chi connectivity index (χ0n) is 15.3. The third kappa shape index (κ3) is 5.74. The maximum atomic E-state index is 12.6. The fourth-order valence-corrected chi connectivity index (χ4v) is 3.63. The molecule has 0 bridgehead atoms. The van der Waals surface area contributed by atoms with Crippen molar-refractivity contribution in [2.75, 3.05) is 26.8 Å². The molecule has 2 rings (SSSR count). The number of carbonyl (C=O) groups is 3. The molecule has 0 spiro atoms. The molecule has 1 N–H and O–H groups in total. The van der Waals surface area contributed by atoms with Gasteiger partial charge in [-0.2, -0.15) is 13.2 Å². The number of hydrogen-bond acceptors (Lipinski definition) is 5. The average molecular weight is 394 g/mol. The number of esters is 1.